The number of nitrogens with zero attached hydrogens (tertiary/aromatic N) is 2. The molecule has 0 aliphatic carbocycles. The van der Waals surface area contributed by atoms with Crippen molar-refractivity contribution in [1.29, 1.82) is 0 Å². The van der Waals surface area contributed by atoms with Gasteiger partial charge in [0.2, 0.25) is 0 Å². The fourth-order valence-corrected chi connectivity index (χ4v) is 8.65. The SMILES string of the molecule is CC(C)(C)c1ccc(N(c2ccc(Cl)cc2)c2ccc(Cl)cc2)cc1.Cc1cccc(-c2ccc(N(c3ccc(-c4cccc(C)c4)cc3)c3ccc(C(C)(C)C)cc3)cc2)c1.Cc1cccc(Cl)c1. The van der Waals surface area contributed by atoms with Crippen LogP contribution in [0, 0.1) is 20.8 Å². The van der Waals surface area contributed by atoms with Gasteiger partial charge in [0.1, 0.15) is 0 Å². The molecule has 0 unspecified atom stereocenters. The molecule has 2 nitrogen and oxygen atoms in total. The van der Waals surface area contributed by atoms with Gasteiger partial charge in [-0.05, 0) is 180 Å². The van der Waals surface area contributed by atoms with Crippen LogP contribution in [0.3, 0.4) is 0 Å². The highest BCUT2D eigenvalue weighted by atomic mass is 35.5. The smallest absolute Gasteiger partial charge is 0.0462 e. The molecular weight excluding hydrogens is 915 g/mol. The molecule has 0 atom stereocenters. The molecule has 0 heterocycles. The van der Waals surface area contributed by atoms with Crippen molar-refractivity contribution in [1.82, 2.24) is 0 Å². The predicted molar refractivity (Wildman–Crippen MR) is 306 cm³/mol. The van der Waals surface area contributed by atoms with Gasteiger partial charge in [-0.15, -0.1) is 0 Å². The van der Waals surface area contributed by atoms with Crippen molar-refractivity contribution in [2.24, 2.45) is 0 Å². The second-order valence-electron chi connectivity index (χ2n) is 19.8. The van der Waals surface area contributed by atoms with E-state index in [4.69, 9.17) is 34.8 Å². The summed E-state index contributed by atoms with van der Waals surface area (Å²) >= 11 is 17.8. The Morgan fingerprint density at radius 1 is 0.271 bits per heavy atom. The van der Waals surface area contributed by atoms with Crippen molar-refractivity contribution in [3.05, 3.63) is 261 Å². The molecule has 9 aromatic carbocycles. The molecule has 0 amide bonds. The number of anilines is 6. The van der Waals surface area contributed by atoms with Crippen molar-refractivity contribution in [3.63, 3.8) is 0 Å². The van der Waals surface area contributed by atoms with Crippen LogP contribution in [0.25, 0.3) is 22.3 Å². The van der Waals surface area contributed by atoms with Crippen LogP contribution in [-0.4, -0.2) is 0 Å². The maximum atomic E-state index is 6.06. The molecule has 0 aromatic heterocycles. The molecule has 0 fully saturated rings. The third kappa shape index (κ3) is 13.8. The lowest BCUT2D eigenvalue weighted by atomic mass is 9.87. The largest absolute Gasteiger partial charge is 0.311 e. The highest BCUT2D eigenvalue weighted by Crippen LogP contribution is 2.39. The molecule has 0 N–H and O–H groups in total. The minimum atomic E-state index is 0.119. The van der Waals surface area contributed by atoms with Gasteiger partial charge in [0.05, 0.1) is 0 Å². The first-order chi connectivity index (χ1) is 33.4. The van der Waals surface area contributed by atoms with E-state index in [1.54, 1.807) is 0 Å². The predicted octanol–water partition coefficient (Wildman–Crippen LogP) is 20.8. The molecule has 0 aliphatic heterocycles. The Morgan fingerprint density at radius 2 is 0.543 bits per heavy atom. The number of hydrogen-bond donors (Lipinski definition) is 0. The normalized spacial score (nSPS) is 11.1. The Bertz CT molecular complexity index is 2920. The van der Waals surface area contributed by atoms with Gasteiger partial charge in [0, 0.05) is 49.2 Å². The first-order valence-corrected chi connectivity index (χ1v) is 24.9. The molecule has 0 radical (unpaired) electrons. The van der Waals surface area contributed by atoms with Gasteiger partial charge in [-0.2, -0.15) is 0 Å². The Labute approximate surface area is 432 Å². The minimum absolute atomic E-state index is 0.119. The Hall–Kier alpha value is -6.55. The van der Waals surface area contributed by atoms with Crippen LogP contribution in [0.15, 0.2) is 218 Å². The second-order valence-corrected chi connectivity index (χ2v) is 21.2. The Morgan fingerprint density at radius 3 is 0.800 bits per heavy atom. The van der Waals surface area contributed by atoms with Crippen LogP contribution in [0.2, 0.25) is 15.1 Å². The van der Waals surface area contributed by atoms with Crippen LogP contribution in [-0.2, 0) is 10.8 Å². The van der Waals surface area contributed by atoms with Gasteiger partial charge in [0.25, 0.3) is 0 Å². The molecule has 70 heavy (non-hydrogen) atoms. The maximum absolute atomic E-state index is 6.06. The van der Waals surface area contributed by atoms with Crippen LogP contribution in [0.5, 0.6) is 0 Å². The number of benzene rings is 9. The summed E-state index contributed by atoms with van der Waals surface area (Å²) in [5.74, 6) is 0. The van der Waals surface area contributed by atoms with Crippen molar-refractivity contribution in [2.75, 3.05) is 9.80 Å². The molecule has 9 aromatic rings. The molecule has 0 spiro atoms. The molecule has 0 bridgehead atoms. The minimum Gasteiger partial charge on any atom is -0.311 e. The third-order valence-corrected chi connectivity index (χ3v) is 12.8. The molecule has 0 saturated heterocycles. The van der Waals surface area contributed by atoms with Gasteiger partial charge >= 0.3 is 0 Å². The molecule has 0 aliphatic rings. The zero-order valence-corrected chi connectivity index (χ0v) is 44.1. The van der Waals surface area contributed by atoms with E-state index in [2.05, 4.69) is 211 Å². The second kappa shape index (κ2) is 22.9. The monoisotopic (exact) mass is 976 g/mol. The highest BCUT2D eigenvalue weighted by molar-refractivity contribution is 6.31. The molecule has 354 valence electrons. The van der Waals surface area contributed by atoms with Gasteiger partial charge in [-0.3, -0.25) is 0 Å². The van der Waals surface area contributed by atoms with Crippen molar-refractivity contribution < 1.29 is 0 Å². The molecule has 0 saturated carbocycles. The Kier molecular flexibility index (Phi) is 16.8. The van der Waals surface area contributed by atoms with Gasteiger partial charge < -0.3 is 9.80 Å². The fraction of sp³-hybridized carbons (Fsp3) is 0.169. The van der Waals surface area contributed by atoms with E-state index in [0.717, 1.165) is 49.2 Å². The topological polar surface area (TPSA) is 6.48 Å². The summed E-state index contributed by atoms with van der Waals surface area (Å²) in [6.45, 7) is 19.7. The molecule has 9 rings (SSSR count). The lowest BCUT2D eigenvalue weighted by Gasteiger charge is -2.27. The van der Waals surface area contributed by atoms with Crippen LogP contribution in [0.1, 0.15) is 69.4 Å². The lowest BCUT2D eigenvalue weighted by molar-refractivity contribution is 0.590. The van der Waals surface area contributed by atoms with Crippen LogP contribution >= 0.6 is 34.8 Å². The van der Waals surface area contributed by atoms with E-state index >= 15 is 0 Å². The first-order valence-electron chi connectivity index (χ1n) is 23.8. The van der Waals surface area contributed by atoms with Gasteiger partial charge in [-0.25, -0.2) is 0 Å². The van der Waals surface area contributed by atoms with Gasteiger partial charge in [0.15, 0.2) is 0 Å². The zero-order valence-electron chi connectivity index (χ0n) is 41.8. The van der Waals surface area contributed by atoms with E-state index in [1.165, 1.54) is 50.1 Å². The van der Waals surface area contributed by atoms with Crippen LogP contribution < -0.4 is 9.80 Å². The van der Waals surface area contributed by atoms with E-state index in [0.29, 0.717) is 0 Å². The number of rotatable bonds is 8. The summed E-state index contributed by atoms with van der Waals surface area (Å²) in [6, 6.07) is 76.3. The van der Waals surface area contributed by atoms with E-state index in [-0.39, 0.29) is 10.8 Å². The van der Waals surface area contributed by atoms with Crippen LogP contribution in [0.4, 0.5) is 34.1 Å². The quantitative estimate of drug-likeness (QED) is 0.150. The highest BCUT2D eigenvalue weighted by Gasteiger charge is 2.19. The van der Waals surface area contributed by atoms with Gasteiger partial charge in [-0.1, -0.05) is 197 Å². The molecule has 5 heteroatoms. The maximum Gasteiger partial charge on any atom is 0.0462 e. The number of hydrogen-bond acceptors (Lipinski definition) is 2. The Balaban J connectivity index is 0.000000187. The van der Waals surface area contributed by atoms with E-state index in [9.17, 15) is 0 Å². The summed E-state index contributed by atoms with van der Waals surface area (Å²) < 4.78 is 0. The summed E-state index contributed by atoms with van der Waals surface area (Å²) in [4.78, 5) is 4.53. The average Bonchev–Trinajstić information content (AvgIpc) is 3.33. The van der Waals surface area contributed by atoms with E-state index in [1.807, 2.05) is 79.7 Å². The van der Waals surface area contributed by atoms with Crippen molar-refractivity contribution >= 4 is 68.9 Å². The van der Waals surface area contributed by atoms with Crippen molar-refractivity contribution in [3.8, 4) is 22.3 Å². The summed E-state index contributed by atoms with van der Waals surface area (Å²) in [6.07, 6.45) is 0. The summed E-state index contributed by atoms with van der Waals surface area (Å²) in [5.41, 5.74) is 18.2. The van der Waals surface area contributed by atoms with E-state index < -0.39 is 0 Å². The standard InChI is InChI=1S/C36H35N.C22H21Cl2N.C7H7Cl/c1-26-8-6-10-30(24-26)28-12-18-33(19-13-28)37(35-22-16-32(17-23-35)36(3,4)5)34-20-14-29(15-21-34)31-11-7-9-27(2)25-31;1-22(2,3)16-4-10-19(11-5-16)25(20-12-6-17(23)7-13-20)21-14-8-18(24)9-15-21;1-6-3-2-4-7(8)5-6/h6-25H,1-5H3;4-15H,1-3H3;2-5H,1H3. The summed E-state index contributed by atoms with van der Waals surface area (Å²) in [5, 5.41) is 2.26. The zero-order chi connectivity index (χ0) is 50.0. The average molecular weight is 979 g/mol. The summed E-state index contributed by atoms with van der Waals surface area (Å²) in [7, 11) is 0. The molecular formula is C65H63Cl3N2. The fourth-order valence-electron chi connectivity index (χ4n) is 8.16. The number of aryl methyl sites for hydroxylation is 3. The number of halogens is 3. The third-order valence-electron chi connectivity index (χ3n) is 12.1. The van der Waals surface area contributed by atoms with Crippen molar-refractivity contribution in [2.45, 2.75) is 73.1 Å². The lowest BCUT2D eigenvalue weighted by Crippen LogP contribution is -2.13. The first kappa shape index (κ1) is 51.3.